The fraction of sp³-hybridized carbons (Fsp3) is 0.217. The van der Waals surface area contributed by atoms with Gasteiger partial charge < -0.3 is 9.84 Å². The van der Waals surface area contributed by atoms with Gasteiger partial charge in [0.1, 0.15) is 18.4 Å². The molecular formula is C23H23N5O2S. The van der Waals surface area contributed by atoms with Crippen LogP contribution in [0, 0.1) is 13.8 Å². The van der Waals surface area contributed by atoms with Crippen LogP contribution in [0.5, 0.6) is 0 Å². The lowest BCUT2D eigenvalue weighted by molar-refractivity contribution is 0.0948. The van der Waals surface area contributed by atoms with Gasteiger partial charge in [-0.25, -0.2) is 9.67 Å². The van der Waals surface area contributed by atoms with E-state index in [1.165, 1.54) is 6.33 Å². The molecule has 0 radical (unpaired) electrons. The van der Waals surface area contributed by atoms with Gasteiger partial charge in [0.2, 0.25) is 0 Å². The van der Waals surface area contributed by atoms with E-state index >= 15 is 0 Å². The Bertz CT molecular complexity index is 1150. The van der Waals surface area contributed by atoms with Crippen molar-refractivity contribution in [3.8, 4) is 0 Å². The van der Waals surface area contributed by atoms with Gasteiger partial charge >= 0.3 is 0 Å². The van der Waals surface area contributed by atoms with Crippen molar-refractivity contribution in [1.82, 2.24) is 25.2 Å². The summed E-state index contributed by atoms with van der Waals surface area (Å²) < 4.78 is 7.01. The van der Waals surface area contributed by atoms with E-state index < -0.39 is 0 Å². The Hall–Kier alpha value is -3.39. The van der Waals surface area contributed by atoms with Gasteiger partial charge in [0, 0.05) is 22.8 Å². The van der Waals surface area contributed by atoms with E-state index in [1.54, 1.807) is 22.8 Å². The highest BCUT2D eigenvalue weighted by molar-refractivity contribution is 7.98. The van der Waals surface area contributed by atoms with Gasteiger partial charge in [0.15, 0.2) is 0 Å². The van der Waals surface area contributed by atoms with Crippen LogP contribution in [-0.4, -0.2) is 25.8 Å². The van der Waals surface area contributed by atoms with E-state index in [9.17, 15) is 4.79 Å². The van der Waals surface area contributed by atoms with Gasteiger partial charge in [-0.1, -0.05) is 41.6 Å². The van der Waals surface area contributed by atoms with Crippen LogP contribution < -0.4 is 5.32 Å². The number of aromatic nitrogens is 4. The van der Waals surface area contributed by atoms with Crippen LogP contribution in [0.4, 0.5) is 0 Å². The number of rotatable bonds is 8. The standard InChI is InChI=1S/C23H23N5O2S/c1-16-21(17(2)30-27-16)13-31-22-9-4-3-8-20(22)23(29)25-11-18-6-5-7-19(10-18)12-28-15-24-14-26-28/h3-10,14-15H,11-13H2,1-2H3,(H,25,29). The second-order valence-electron chi connectivity index (χ2n) is 7.18. The summed E-state index contributed by atoms with van der Waals surface area (Å²) in [6.45, 7) is 4.93. The van der Waals surface area contributed by atoms with Crippen molar-refractivity contribution >= 4 is 17.7 Å². The van der Waals surface area contributed by atoms with Gasteiger partial charge in [-0.2, -0.15) is 5.10 Å². The molecule has 2 heterocycles. The molecule has 2 aromatic carbocycles. The maximum atomic E-state index is 12.9. The summed E-state index contributed by atoms with van der Waals surface area (Å²) in [6.07, 6.45) is 3.21. The number of benzene rings is 2. The van der Waals surface area contributed by atoms with E-state index in [1.807, 2.05) is 56.3 Å². The number of hydrogen-bond acceptors (Lipinski definition) is 6. The van der Waals surface area contributed by atoms with Crippen molar-refractivity contribution in [3.05, 3.63) is 94.9 Å². The van der Waals surface area contributed by atoms with Crippen LogP contribution >= 0.6 is 11.8 Å². The molecule has 158 valence electrons. The highest BCUT2D eigenvalue weighted by Crippen LogP contribution is 2.28. The predicted molar refractivity (Wildman–Crippen MR) is 119 cm³/mol. The minimum atomic E-state index is -0.0939. The van der Waals surface area contributed by atoms with E-state index in [-0.39, 0.29) is 5.91 Å². The average Bonchev–Trinajstić information content (AvgIpc) is 3.40. The van der Waals surface area contributed by atoms with Gasteiger partial charge in [-0.05, 0) is 37.1 Å². The fourth-order valence-corrected chi connectivity index (χ4v) is 4.46. The number of amides is 1. The van der Waals surface area contributed by atoms with Crippen molar-refractivity contribution in [1.29, 1.82) is 0 Å². The topological polar surface area (TPSA) is 85.8 Å². The molecule has 0 fully saturated rings. The fourth-order valence-electron chi connectivity index (χ4n) is 3.25. The van der Waals surface area contributed by atoms with E-state index in [4.69, 9.17) is 4.52 Å². The lowest BCUT2D eigenvalue weighted by atomic mass is 10.1. The lowest BCUT2D eigenvalue weighted by Crippen LogP contribution is -2.23. The molecule has 0 saturated heterocycles. The summed E-state index contributed by atoms with van der Waals surface area (Å²) in [4.78, 5) is 17.8. The Kier molecular flexibility index (Phi) is 6.47. The molecule has 4 rings (SSSR count). The summed E-state index contributed by atoms with van der Waals surface area (Å²) in [5, 5.41) is 11.2. The lowest BCUT2D eigenvalue weighted by Gasteiger charge is -2.11. The minimum absolute atomic E-state index is 0.0939. The third-order valence-electron chi connectivity index (χ3n) is 4.94. The van der Waals surface area contributed by atoms with E-state index in [0.29, 0.717) is 24.4 Å². The normalized spacial score (nSPS) is 10.9. The summed E-state index contributed by atoms with van der Waals surface area (Å²) in [5.74, 6) is 1.43. The van der Waals surface area contributed by atoms with Gasteiger partial charge in [0.05, 0.1) is 17.8 Å². The largest absolute Gasteiger partial charge is 0.361 e. The van der Waals surface area contributed by atoms with Gasteiger partial charge in [-0.3, -0.25) is 4.79 Å². The molecule has 1 amide bonds. The van der Waals surface area contributed by atoms with Crippen LogP contribution in [-0.2, 0) is 18.8 Å². The molecule has 1 N–H and O–H groups in total. The zero-order valence-corrected chi connectivity index (χ0v) is 18.2. The van der Waals surface area contributed by atoms with Gasteiger partial charge in [-0.15, -0.1) is 11.8 Å². The molecule has 0 saturated carbocycles. The smallest absolute Gasteiger partial charge is 0.252 e. The van der Waals surface area contributed by atoms with E-state index in [0.717, 1.165) is 33.0 Å². The van der Waals surface area contributed by atoms with Crippen molar-refractivity contribution < 1.29 is 9.32 Å². The molecule has 0 bridgehead atoms. The summed E-state index contributed by atoms with van der Waals surface area (Å²) in [6, 6.07) is 15.7. The molecule has 2 aromatic heterocycles. The Balaban J connectivity index is 1.40. The SMILES string of the molecule is Cc1noc(C)c1CSc1ccccc1C(=O)NCc1cccc(Cn2cncn2)c1. The first-order valence-corrected chi connectivity index (χ1v) is 10.9. The minimum Gasteiger partial charge on any atom is -0.361 e. The Morgan fingerprint density at radius 2 is 1.97 bits per heavy atom. The third kappa shape index (κ3) is 5.21. The number of carbonyl (C=O) groups is 1. The predicted octanol–water partition coefficient (Wildman–Crippen LogP) is 4.15. The molecule has 0 atom stereocenters. The van der Waals surface area contributed by atoms with Crippen LogP contribution in [0.1, 0.15) is 38.5 Å². The molecule has 31 heavy (non-hydrogen) atoms. The zero-order chi connectivity index (χ0) is 21.6. The zero-order valence-electron chi connectivity index (χ0n) is 17.4. The van der Waals surface area contributed by atoms with Crippen LogP contribution in [0.15, 0.2) is 70.6 Å². The summed E-state index contributed by atoms with van der Waals surface area (Å²) >= 11 is 1.61. The molecule has 4 aromatic rings. The van der Waals surface area contributed by atoms with Crippen molar-refractivity contribution in [2.24, 2.45) is 0 Å². The van der Waals surface area contributed by atoms with Crippen molar-refractivity contribution in [3.63, 3.8) is 0 Å². The first-order chi connectivity index (χ1) is 15.1. The molecule has 0 aliphatic heterocycles. The second kappa shape index (κ2) is 9.61. The number of nitrogens with zero attached hydrogens (tertiary/aromatic N) is 4. The van der Waals surface area contributed by atoms with Crippen molar-refractivity contribution in [2.75, 3.05) is 0 Å². The third-order valence-corrected chi connectivity index (χ3v) is 6.04. The number of aryl methyl sites for hydroxylation is 2. The molecule has 7 nitrogen and oxygen atoms in total. The first-order valence-electron chi connectivity index (χ1n) is 9.92. The molecular weight excluding hydrogens is 410 g/mol. The maximum absolute atomic E-state index is 12.9. The summed E-state index contributed by atoms with van der Waals surface area (Å²) in [7, 11) is 0. The van der Waals surface area contributed by atoms with Gasteiger partial charge in [0.25, 0.3) is 5.91 Å². The Morgan fingerprint density at radius 3 is 2.74 bits per heavy atom. The highest BCUT2D eigenvalue weighted by atomic mass is 32.2. The summed E-state index contributed by atoms with van der Waals surface area (Å²) in [5.41, 5.74) is 4.76. The molecule has 0 aliphatic rings. The quantitative estimate of drug-likeness (QED) is 0.420. The Labute approximate surface area is 184 Å². The monoisotopic (exact) mass is 433 g/mol. The first kappa shape index (κ1) is 20.9. The number of hydrogen-bond donors (Lipinski definition) is 1. The van der Waals surface area contributed by atoms with E-state index in [2.05, 4.69) is 26.6 Å². The molecule has 0 spiro atoms. The van der Waals surface area contributed by atoms with Crippen molar-refractivity contribution in [2.45, 2.75) is 37.6 Å². The van der Waals surface area contributed by atoms with Crippen LogP contribution in [0.3, 0.4) is 0 Å². The molecule has 0 aliphatic carbocycles. The number of thioether (sulfide) groups is 1. The number of carbonyl (C=O) groups excluding carboxylic acids is 1. The molecule has 8 heteroatoms. The maximum Gasteiger partial charge on any atom is 0.252 e. The average molecular weight is 434 g/mol. The Morgan fingerprint density at radius 1 is 1.13 bits per heavy atom. The van der Waals surface area contributed by atoms with Crippen LogP contribution in [0.25, 0.3) is 0 Å². The highest BCUT2D eigenvalue weighted by Gasteiger charge is 2.14. The number of nitrogens with one attached hydrogen (secondary N) is 1. The second-order valence-corrected chi connectivity index (χ2v) is 8.20. The van der Waals surface area contributed by atoms with Crippen LogP contribution in [0.2, 0.25) is 0 Å². The molecule has 0 unspecified atom stereocenters.